The molecule has 2 aliphatic carbocycles. The summed E-state index contributed by atoms with van der Waals surface area (Å²) in [5, 5.41) is 0. The van der Waals surface area contributed by atoms with Crippen LogP contribution in [0.1, 0.15) is 66.7 Å². The Kier molecular flexibility index (Phi) is 4.01. The first-order chi connectivity index (χ1) is 10.8. The van der Waals surface area contributed by atoms with Gasteiger partial charge in [0.25, 0.3) is 0 Å². The Labute approximate surface area is 139 Å². The number of rotatable bonds is 6. The average molecular weight is 322 g/mol. The van der Waals surface area contributed by atoms with Crippen LogP contribution in [0.2, 0.25) is 0 Å². The van der Waals surface area contributed by atoms with Gasteiger partial charge in [-0.15, -0.1) is 0 Å². The second-order valence-electron chi connectivity index (χ2n) is 8.32. The van der Waals surface area contributed by atoms with Crippen molar-refractivity contribution < 1.29 is 19.1 Å². The minimum Gasteiger partial charge on any atom is -0.462 e. The molecular formula is C19H30O4. The normalized spacial score (nSPS) is 35.5. The first-order valence-corrected chi connectivity index (χ1v) is 9.23. The van der Waals surface area contributed by atoms with Gasteiger partial charge >= 0.3 is 11.9 Å². The molecule has 0 aromatic carbocycles. The van der Waals surface area contributed by atoms with Crippen LogP contribution in [0, 0.1) is 29.1 Å². The summed E-state index contributed by atoms with van der Waals surface area (Å²) in [6, 6.07) is 0. The van der Waals surface area contributed by atoms with Crippen molar-refractivity contribution in [2.75, 3.05) is 0 Å². The van der Waals surface area contributed by atoms with Gasteiger partial charge in [0.1, 0.15) is 11.7 Å². The molecule has 3 fully saturated rings. The third-order valence-electron chi connectivity index (χ3n) is 7.02. The molecule has 4 nitrogen and oxygen atoms in total. The molecule has 3 aliphatic rings. The van der Waals surface area contributed by atoms with Crippen LogP contribution in [0.4, 0.5) is 0 Å². The lowest BCUT2D eigenvalue weighted by Gasteiger charge is -2.44. The topological polar surface area (TPSA) is 52.6 Å². The number of hydrogen-bond donors (Lipinski definition) is 0. The zero-order valence-electron chi connectivity index (χ0n) is 15.1. The number of carbonyl (C=O) groups excluding carboxylic acids is 2. The Morgan fingerprint density at radius 3 is 2.39 bits per heavy atom. The first-order valence-electron chi connectivity index (χ1n) is 9.23. The highest BCUT2D eigenvalue weighted by molar-refractivity contribution is 5.78. The van der Waals surface area contributed by atoms with Crippen LogP contribution in [-0.2, 0) is 19.1 Å². The predicted octanol–water partition coefficient (Wildman–Crippen LogP) is 3.72. The summed E-state index contributed by atoms with van der Waals surface area (Å²) in [6.45, 7) is 10.1. The van der Waals surface area contributed by atoms with Crippen molar-refractivity contribution >= 4 is 11.9 Å². The first kappa shape index (κ1) is 16.8. The molecule has 23 heavy (non-hydrogen) atoms. The van der Waals surface area contributed by atoms with Crippen LogP contribution >= 0.6 is 0 Å². The van der Waals surface area contributed by atoms with Gasteiger partial charge in [-0.3, -0.25) is 9.59 Å². The summed E-state index contributed by atoms with van der Waals surface area (Å²) in [5.74, 6) is 0.699. The molecule has 3 rings (SSSR count). The third-order valence-corrected chi connectivity index (χ3v) is 7.02. The molecule has 1 aliphatic heterocycles. The molecule has 1 heterocycles. The largest absolute Gasteiger partial charge is 0.462 e. The van der Waals surface area contributed by atoms with E-state index in [1.807, 2.05) is 20.8 Å². The molecule has 130 valence electrons. The Balaban J connectivity index is 1.90. The van der Waals surface area contributed by atoms with E-state index in [0.717, 1.165) is 32.1 Å². The standard InChI is InChI=1S/C19H30O4/c1-6-18(4,5)17(21)23-19(7-2,8-3)15-11-9-12-13(10-11)22-16(20)14(12)15/h11-15H,6-10H2,1-5H3. The van der Waals surface area contributed by atoms with Crippen LogP contribution in [-0.4, -0.2) is 23.6 Å². The van der Waals surface area contributed by atoms with Crippen LogP contribution in [0.25, 0.3) is 0 Å². The van der Waals surface area contributed by atoms with E-state index in [9.17, 15) is 9.59 Å². The Morgan fingerprint density at radius 2 is 1.83 bits per heavy atom. The lowest BCUT2D eigenvalue weighted by atomic mass is 9.68. The third kappa shape index (κ3) is 2.32. The molecule has 5 atom stereocenters. The summed E-state index contributed by atoms with van der Waals surface area (Å²) < 4.78 is 11.7. The highest BCUT2D eigenvalue weighted by Gasteiger charge is 2.67. The van der Waals surface area contributed by atoms with Gasteiger partial charge in [0, 0.05) is 11.8 Å². The van der Waals surface area contributed by atoms with Gasteiger partial charge in [-0.25, -0.2) is 0 Å². The van der Waals surface area contributed by atoms with Crippen molar-refractivity contribution in [1.82, 2.24) is 0 Å². The van der Waals surface area contributed by atoms with Gasteiger partial charge in [-0.05, 0) is 51.9 Å². The molecular weight excluding hydrogens is 292 g/mol. The number of fused-ring (bicyclic) bond motifs is 1. The molecule has 0 aromatic rings. The monoisotopic (exact) mass is 322 g/mol. The number of esters is 2. The van der Waals surface area contributed by atoms with E-state index in [2.05, 4.69) is 13.8 Å². The Hall–Kier alpha value is -1.06. The fourth-order valence-electron chi connectivity index (χ4n) is 5.14. The SMILES string of the molecule is CCC(C)(C)C(=O)OC(CC)(CC)C1C2CC3OC(=O)C1C3C2. The van der Waals surface area contributed by atoms with Crippen molar-refractivity contribution in [3.8, 4) is 0 Å². The van der Waals surface area contributed by atoms with Gasteiger partial charge in [0.05, 0.1) is 11.3 Å². The summed E-state index contributed by atoms with van der Waals surface area (Å²) >= 11 is 0. The maximum Gasteiger partial charge on any atom is 0.312 e. The van der Waals surface area contributed by atoms with E-state index in [1.54, 1.807) is 0 Å². The molecule has 0 aromatic heterocycles. The Bertz CT molecular complexity index is 503. The summed E-state index contributed by atoms with van der Waals surface area (Å²) in [5.41, 5.74) is -1.01. The highest BCUT2D eigenvalue weighted by Crippen LogP contribution is 2.62. The van der Waals surface area contributed by atoms with E-state index in [-0.39, 0.29) is 29.9 Å². The molecule has 2 bridgehead atoms. The zero-order chi connectivity index (χ0) is 17.0. The molecule has 0 amide bonds. The van der Waals surface area contributed by atoms with E-state index in [1.165, 1.54) is 0 Å². The Morgan fingerprint density at radius 1 is 1.17 bits per heavy atom. The van der Waals surface area contributed by atoms with Gasteiger partial charge in [-0.1, -0.05) is 20.8 Å². The number of hydrogen-bond acceptors (Lipinski definition) is 4. The lowest BCUT2D eigenvalue weighted by molar-refractivity contribution is -0.185. The van der Waals surface area contributed by atoms with Gasteiger partial charge in [0.2, 0.25) is 0 Å². The number of carbonyl (C=O) groups is 2. The zero-order valence-corrected chi connectivity index (χ0v) is 15.1. The summed E-state index contributed by atoms with van der Waals surface area (Å²) in [6.07, 6.45) is 4.41. The number of ether oxygens (including phenoxy) is 2. The molecule has 1 saturated heterocycles. The summed E-state index contributed by atoms with van der Waals surface area (Å²) in [7, 11) is 0. The minimum atomic E-state index is -0.526. The quantitative estimate of drug-likeness (QED) is 0.699. The fraction of sp³-hybridized carbons (Fsp3) is 0.895. The molecule has 0 spiro atoms. The second-order valence-corrected chi connectivity index (χ2v) is 8.32. The second kappa shape index (κ2) is 5.49. The lowest BCUT2D eigenvalue weighted by Crippen LogP contribution is -2.50. The van der Waals surface area contributed by atoms with Gasteiger partial charge < -0.3 is 9.47 Å². The van der Waals surface area contributed by atoms with Crippen molar-refractivity contribution in [1.29, 1.82) is 0 Å². The van der Waals surface area contributed by atoms with Crippen molar-refractivity contribution in [3.05, 3.63) is 0 Å². The van der Waals surface area contributed by atoms with Crippen LogP contribution in [0.15, 0.2) is 0 Å². The predicted molar refractivity (Wildman–Crippen MR) is 86.6 cm³/mol. The van der Waals surface area contributed by atoms with Crippen LogP contribution < -0.4 is 0 Å². The summed E-state index contributed by atoms with van der Waals surface area (Å²) in [4.78, 5) is 25.1. The van der Waals surface area contributed by atoms with Crippen molar-refractivity contribution in [2.45, 2.75) is 78.4 Å². The van der Waals surface area contributed by atoms with Gasteiger partial charge in [-0.2, -0.15) is 0 Å². The molecule has 4 heteroatoms. The van der Waals surface area contributed by atoms with Crippen molar-refractivity contribution in [2.24, 2.45) is 29.1 Å². The maximum atomic E-state index is 12.7. The van der Waals surface area contributed by atoms with E-state index < -0.39 is 11.0 Å². The maximum absolute atomic E-state index is 12.7. The minimum absolute atomic E-state index is 0.0536. The van der Waals surface area contributed by atoms with E-state index >= 15 is 0 Å². The van der Waals surface area contributed by atoms with Crippen molar-refractivity contribution in [3.63, 3.8) is 0 Å². The highest BCUT2D eigenvalue weighted by atomic mass is 16.6. The molecule has 5 unspecified atom stereocenters. The average Bonchev–Trinajstić information content (AvgIpc) is 3.14. The van der Waals surface area contributed by atoms with E-state index in [4.69, 9.17) is 9.47 Å². The smallest absolute Gasteiger partial charge is 0.312 e. The molecule has 0 radical (unpaired) electrons. The molecule has 0 N–H and O–H groups in total. The van der Waals surface area contributed by atoms with Crippen LogP contribution in [0.5, 0.6) is 0 Å². The fourth-order valence-corrected chi connectivity index (χ4v) is 5.14. The van der Waals surface area contributed by atoms with Gasteiger partial charge in [0.15, 0.2) is 0 Å². The van der Waals surface area contributed by atoms with Crippen LogP contribution in [0.3, 0.4) is 0 Å². The van der Waals surface area contributed by atoms with E-state index in [0.29, 0.717) is 11.8 Å². The molecule has 2 saturated carbocycles.